The minimum absolute atomic E-state index is 0.157. The maximum absolute atomic E-state index is 11.5. The van der Waals surface area contributed by atoms with Gasteiger partial charge in [-0.3, -0.25) is 0 Å². The number of hydrogen-bond donors (Lipinski definition) is 1. The van der Waals surface area contributed by atoms with Crippen LogP contribution in [-0.4, -0.2) is 29.8 Å². The highest BCUT2D eigenvalue weighted by Crippen LogP contribution is 2.24. The molecule has 1 saturated heterocycles. The molecule has 1 aliphatic heterocycles. The van der Waals surface area contributed by atoms with Crippen molar-refractivity contribution in [1.82, 2.24) is 15.5 Å². The molecule has 1 atom stereocenters. The number of carbonyl (C=O) groups excluding carboxylic acids is 1. The molecule has 6 nitrogen and oxygen atoms in total. The van der Waals surface area contributed by atoms with Gasteiger partial charge < -0.3 is 14.6 Å². The third-order valence-corrected chi connectivity index (χ3v) is 3.11. The highest BCUT2D eigenvalue weighted by Gasteiger charge is 2.25. The molecule has 98 valence electrons. The summed E-state index contributed by atoms with van der Waals surface area (Å²) >= 11 is 0. The van der Waals surface area contributed by atoms with Gasteiger partial charge >= 0.3 is 5.97 Å². The number of nitrogens with one attached hydrogen (secondary N) is 1. The Balaban J connectivity index is 1.88. The van der Waals surface area contributed by atoms with Crippen LogP contribution in [0.4, 0.5) is 0 Å². The lowest BCUT2D eigenvalue weighted by atomic mass is 10.1. The predicted octanol–water partition coefficient (Wildman–Crippen LogP) is 1.56. The first-order valence-electron chi connectivity index (χ1n) is 6.03. The summed E-state index contributed by atoms with van der Waals surface area (Å²) in [4.78, 5) is 15.8. The number of esters is 1. The van der Waals surface area contributed by atoms with Crippen molar-refractivity contribution in [2.24, 2.45) is 0 Å². The number of nitrogens with zero attached hydrogens (tertiary/aromatic N) is 2. The van der Waals surface area contributed by atoms with Crippen LogP contribution in [0, 0.1) is 0 Å². The van der Waals surface area contributed by atoms with E-state index in [1.165, 1.54) is 7.11 Å². The summed E-state index contributed by atoms with van der Waals surface area (Å²) in [5, 5.41) is 7.13. The number of carbonyl (C=O) groups is 1. The van der Waals surface area contributed by atoms with Crippen LogP contribution in [0.1, 0.15) is 28.7 Å². The van der Waals surface area contributed by atoms with E-state index in [9.17, 15) is 4.79 Å². The number of hydrogen-bond acceptors (Lipinski definition) is 6. The monoisotopic (exact) mass is 259 g/mol. The average molecular weight is 259 g/mol. The largest absolute Gasteiger partial charge is 0.465 e. The van der Waals surface area contributed by atoms with E-state index in [0.29, 0.717) is 17.3 Å². The molecule has 1 aromatic carbocycles. The number of rotatable bonds is 3. The molecule has 1 N–H and O–H groups in total. The molecule has 0 unspecified atom stereocenters. The third-order valence-electron chi connectivity index (χ3n) is 3.11. The van der Waals surface area contributed by atoms with E-state index in [4.69, 9.17) is 4.52 Å². The maximum atomic E-state index is 11.5. The highest BCUT2D eigenvalue weighted by molar-refractivity contribution is 5.90. The summed E-state index contributed by atoms with van der Waals surface area (Å²) in [5.41, 5.74) is 1.20. The lowest BCUT2D eigenvalue weighted by molar-refractivity contribution is 0.0601. The summed E-state index contributed by atoms with van der Waals surface area (Å²) in [6.07, 6.45) is 1.00. The van der Waals surface area contributed by atoms with E-state index in [1.54, 1.807) is 18.2 Å². The molecule has 0 radical (unpaired) electrons. The second-order valence-corrected chi connectivity index (χ2v) is 4.32. The molecule has 2 heterocycles. The van der Waals surface area contributed by atoms with E-state index in [2.05, 4.69) is 20.2 Å². The Labute approximate surface area is 109 Å². The molecule has 3 rings (SSSR count). The average Bonchev–Trinajstić information content (AvgIpc) is 2.85. The zero-order valence-electron chi connectivity index (χ0n) is 10.4. The first-order valence-corrected chi connectivity index (χ1v) is 6.03. The van der Waals surface area contributed by atoms with Crippen LogP contribution in [0.25, 0.3) is 11.4 Å². The maximum Gasteiger partial charge on any atom is 0.337 e. The van der Waals surface area contributed by atoms with Crippen molar-refractivity contribution >= 4 is 5.97 Å². The molecule has 1 fully saturated rings. The third kappa shape index (κ3) is 2.22. The molecule has 1 aromatic heterocycles. The minimum Gasteiger partial charge on any atom is -0.465 e. The Morgan fingerprint density at radius 2 is 2.37 bits per heavy atom. The van der Waals surface area contributed by atoms with E-state index < -0.39 is 0 Å². The summed E-state index contributed by atoms with van der Waals surface area (Å²) in [6, 6.07) is 7.12. The quantitative estimate of drug-likeness (QED) is 0.843. The molecule has 0 aliphatic carbocycles. The summed E-state index contributed by atoms with van der Waals surface area (Å²) in [5.74, 6) is 0.686. The van der Waals surface area contributed by atoms with Crippen molar-refractivity contribution in [2.45, 2.75) is 12.5 Å². The lowest BCUT2D eigenvalue weighted by Crippen LogP contribution is -2.35. The van der Waals surface area contributed by atoms with E-state index >= 15 is 0 Å². The van der Waals surface area contributed by atoms with Gasteiger partial charge in [0.2, 0.25) is 11.7 Å². The van der Waals surface area contributed by atoms with Crippen molar-refractivity contribution < 1.29 is 14.1 Å². The first kappa shape index (κ1) is 11.9. The molecule has 2 aromatic rings. The van der Waals surface area contributed by atoms with Crippen LogP contribution < -0.4 is 5.32 Å². The van der Waals surface area contributed by atoms with Gasteiger partial charge in [-0.2, -0.15) is 4.98 Å². The van der Waals surface area contributed by atoms with Gasteiger partial charge in [0.1, 0.15) is 0 Å². The highest BCUT2D eigenvalue weighted by atomic mass is 16.5. The fraction of sp³-hybridized carbons (Fsp3) is 0.308. The Kier molecular flexibility index (Phi) is 3.00. The SMILES string of the molecule is COC(=O)c1cccc(-c2noc([C@H]3CCN3)n2)c1. The molecular formula is C13H13N3O3. The molecule has 0 saturated carbocycles. The zero-order valence-corrected chi connectivity index (χ0v) is 10.4. The van der Waals surface area contributed by atoms with Crippen LogP contribution in [0.5, 0.6) is 0 Å². The van der Waals surface area contributed by atoms with Gasteiger partial charge in [0.25, 0.3) is 0 Å². The molecule has 19 heavy (non-hydrogen) atoms. The summed E-state index contributed by atoms with van der Waals surface area (Å²) in [6.45, 7) is 0.972. The van der Waals surface area contributed by atoms with E-state index in [0.717, 1.165) is 18.5 Å². The van der Waals surface area contributed by atoms with Crippen molar-refractivity contribution in [3.8, 4) is 11.4 Å². The van der Waals surface area contributed by atoms with E-state index in [-0.39, 0.29) is 12.0 Å². The van der Waals surface area contributed by atoms with Crippen molar-refractivity contribution in [1.29, 1.82) is 0 Å². The Morgan fingerprint density at radius 3 is 3.05 bits per heavy atom. The van der Waals surface area contributed by atoms with Gasteiger partial charge in [-0.05, 0) is 25.1 Å². The molecular weight excluding hydrogens is 246 g/mol. The van der Waals surface area contributed by atoms with Crippen LogP contribution in [-0.2, 0) is 4.74 Å². The molecule has 0 amide bonds. The summed E-state index contributed by atoms with van der Waals surface area (Å²) < 4.78 is 9.89. The predicted molar refractivity (Wildman–Crippen MR) is 66.4 cm³/mol. The lowest BCUT2D eigenvalue weighted by Gasteiger charge is -2.23. The van der Waals surface area contributed by atoms with Gasteiger partial charge in [-0.25, -0.2) is 4.79 Å². The van der Waals surface area contributed by atoms with Crippen LogP contribution in [0.3, 0.4) is 0 Å². The van der Waals surface area contributed by atoms with E-state index in [1.807, 2.05) is 6.07 Å². The number of ether oxygens (including phenoxy) is 1. The molecule has 0 bridgehead atoms. The van der Waals surface area contributed by atoms with Gasteiger partial charge in [0.05, 0.1) is 18.7 Å². The van der Waals surface area contributed by atoms with Gasteiger partial charge in [-0.1, -0.05) is 17.3 Å². The number of aromatic nitrogens is 2. The molecule has 6 heteroatoms. The van der Waals surface area contributed by atoms with Crippen LogP contribution in [0.2, 0.25) is 0 Å². The molecule has 0 spiro atoms. The minimum atomic E-state index is -0.383. The van der Waals surface area contributed by atoms with Crippen LogP contribution >= 0.6 is 0 Å². The van der Waals surface area contributed by atoms with Crippen molar-refractivity contribution in [3.63, 3.8) is 0 Å². The Morgan fingerprint density at radius 1 is 1.53 bits per heavy atom. The normalized spacial score (nSPS) is 17.8. The molecule has 1 aliphatic rings. The van der Waals surface area contributed by atoms with Gasteiger partial charge in [-0.15, -0.1) is 0 Å². The van der Waals surface area contributed by atoms with Crippen LogP contribution in [0.15, 0.2) is 28.8 Å². The van der Waals surface area contributed by atoms with Gasteiger partial charge in [0, 0.05) is 5.56 Å². The Hall–Kier alpha value is -2.21. The second kappa shape index (κ2) is 4.81. The first-order chi connectivity index (χ1) is 9.28. The smallest absolute Gasteiger partial charge is 0.337 e. The van der Waals surface area contributed by atoms with Crippen molar-refractivity contribution in [3.05, 3.63) is 35.7 Å². The summed E-state index contributed by atoms with van der Waals surface area (Å²) in [7, 11) is 1.35. The fourth-order valence-corrected chi connectivity index (χ4v) is 1.90. The van der Waals surface area contributed by atoms with Crippen molar-refractivity contribution in [2.75, 3.05) is 13.7 Å². The zero-order chi connectivity index (χ0) is 13.2. The standard InChI is InChI=1S/C13H13N3O3/c1-18-13(17)9-4-2-3-8(7-9)11-15-12(19-16-11)10-5-6-14-10/h2-4,7,10,14H,5-6H2,1H3/t10-/m1/s1. The van der Waals surface area contributed by atoms with Gasteiger partial charge in [0.15, 0.2) is 0 Å². The number of methoxy groups -OCH3 is 1. The Bertz CT molecular complexity index is 605. The topological polar surface area (TPSA) is 77.2 Å². The number of benzene rings is 1. The second-order valence-electron chi connectivity index (χ2n) is 4.32. The fourth-order valence-electron chi connectivity index (χ4n) is 1.90.